The van der Waals surface area contributed by atoms with Crippen LogP contribution in [0.25, 0.3) is 22.8 Å². The predicted octanol–water partition coefficient (Wildman–Crippen LogP) is 3.77. The highest BCUT2D eigenvalue weighted by atomic mass is 35.5. The number of aliphatic hydroxyl groups excluding tert-OH is 1. The van der Waals surface area contributed by atoms with Crippen LogP contribution in [0.15, 0.2) is 40.9 Å². The summed E-state index contributed by atoms with van der Waals surface area (Å²) >= 11 is 0. The minimum Gasteiger partial charge on any atom is -0.490 e. The maximum atomic E-state index is 12.7. The van der Waals surface area contributed by atoms with Crippen molar-refractivity contribution in [2.45, 2.75) is 52.2 Å². The molecule has 1 aliphatic heterocycles. The number of hydrogen-bond donors (Lipinski definition) is 2. The van der Waals surface area contributed by atoms with Gasteiger partial charge in [-0.05, 0) is 75.9 Å². The highest BCUT2D eigenvalue weighted by Crippen LogP contribution is 2.30. The standard InChI is InChI=1S/C28H33N5O4.ClH/c1-18(2)36-24-8-7-22(16-23(24)17-29)26-31-25(32-37-26)21-6-5-19-9-12-33(13-10-20(19)15-21)28(3,4)27(35)30-11-14-34;/h5-8,15-16,18,34H,9-14H2,1-4H3,(H,30,35);1H. The van der Waals surface area contributed by atoms with E-state index in [9.17, 15) is 10.1 Å². The predicted molar refractivity (Wildman–Crippen MR) is 146 cm³/mol. The second-order valence-electron chi connectivity index (χ2n) is 9.92. The zero-order chi connectivity index (χ0) is 26.6. The Kier molecular flexibility index (Phi) is 9.50. The van der Waals surface area contributed by atoms with Gasteiger partial charge < -0.3 is 19.7 Å². The molecule has 0 unspecified atom stereocenters. The molecule has 1 aliphatic rings. The van der Waals surface area contributed by atoms with E-state index in [-0.39, 0.29) is 37.6 Å². The summed E-state index contributed by atoms with van der Waals surface area (Å²) in [5, 5.41) is 25.5. The first kappa shape index (κ1) is 29.1. The van der Waals surface area contributed by atoms with E-state index < -0.39 is 5.54 Å². The van der Waals surface area contributed by atoms with Crippen LogP contribution in [0, 0.1) is 11.3 Å². The maximum absolute atomic E-state index is 12.7. The van der Waals surface area contributed by atoms with Crippen LogP contribution in [0.2, 0.25) is 0 Å². The number of aromatic nitrogens is 2. The van der Waals surface area contributed by atoms with Gasteiger partial charge in [0.1, 0.15) is 11.8 Å². The van der Waals surface area contributed by atoms with E-state index in [1.165, 1.54) is 11.1 Å². The van der Waals surface area contributed by atoms with Crippen molar-refractivity contribution in [1.82, 2.24) is 20.4 Å². The van der Waals surface area contributed by atoms with Gasteiger partial charge >= 0.3 is 0 Å². The molecule has 2 N–H and O–H groups in total. The summed E-state index contributed by atoms with van der Waals surface area (Å²) in [5.41, 5.74) is 3.66. The number of halogens is 1. The Bertz CT molecular complexity index is 1310. The average molecular weight is 540 g/mol. The number of benzene rings is 2. The van der Waals surface area contributed by atoms with Crippen LogP contribution in [-0.2, 0) is 17.6 Å². The van der Waals surface area contributed by atoms with Crippen molar-refractivity contribution < 1.29 is 19.2 Å². The van der Waals surface area contributed by atoms with Crippen molar-refractivity contribution in [3.63, 3.8) is 0 Å². The number of aliphatic hydroxyl groups is 1. The van der Waals surface area contributed by atoms with Gasteiger partial charge in [0, 0.05) is 30.8 Å². The Morgan fingerprint density at radius 2 is 1.89 bits per heavy atom. The number of carbonyl (C=O) groups is 1. The van der Waals surface area contributed by atoms with E-state index in [0.29, 0.717) is 28.6 Å². The van der Waals surface area contributed by atoms with Crippen LogP contribution in [-0.4, -0.2) is 63.9 Å². The van der Waals surface area contributed by atoms with E-state index in [4.69, 9.17) is 14.4 Å². The largest absolute Gasteiger partial charge is 0.490 e. The summed E-state index contributed by atoms with van der Waals surface area (Å²) < 4.78 is 11.2. The summed E-state index contributed by atoms with van der Waals surface area (Å²) in [6.45, 7) is 9.32. The molecule has 0 fully saturated rings. The summed E-state index contributed by atoms with van der Waals surface area (Å²) in [4.78, 5) is 19.4. The molecule has 38 heavy (non-hydrogen) atoms. The molecule has 0 saturated heterocycles. The molecule has 10 heteroatoms. The molecule has 0 spiro atoms. The van der Waals surface area contributed by atoms with Gasteiger partial charge in [-0.2, -0.15) is 10.2 Å². The van der Waals surface area contributed by atoms with Crippen LogP contribution in [0.5, 0.6) is 5.75 Å². The number of hydrogen-bond acceptors (Lipinski definition) is 8. The molecular weight excluding hydrogens is 506 g/mol. The van der Waals surface area contributed by atoms with Gasteiger partial charge in [-0.3, -0.25) is 9.69 Å². The second kappa shape index (κ2) is 12.4. The summed E-state index contributed by atoms with van der Waals surface area (Å²) in [7, 11) is 0. The van der Waals surface area contributed by atoms with E-state index in [1.54, 1.807) is 18.2 Å². The van der Waals surface area contributed by atoms with Crippen LogP contribution in [0.4, 0.5) is 0 Å². The van der Waals surface area contributed by atoms with Crippen molar-refractivity contribution in [2.75, 3.05) is 26.2 Å². The molecule has 0 atom stereocenters. The molecule has 2 heterocycles. The topological polar surface area (TPSA) is 125 Å². The number of rotatable bonds is 8. The van der Waals surface area contributed by atoms with E-state index in [0.717, 1.165) is 31.5 Å². The molecule has 0 radical (unpaired) electrons. The van der Waals surface area contributed by atoms with Crippen LogP contribution in [0.1, 0.15) is 44.4 Å². The fraction of sp³-hybridized carbons (Fsp3) is 0.429. The number of carbonyl (C=O) groups excluding carboxylic acids is 1. The fourth-order valence-corrected chi connectivity index (χ4v) is 4.52. The van der Waals surface area contributed by atoms with Crippen LogP contribution < -0.4 is 10.1 Å². The smallest absolute Gasteiger partial charge is 0.258 e. The minimum atomic E-state index is -0.680. The van der Waals surface area contributed by atoms with E-state index >= 15 is 0 Å². The number of ether oxygens (including phenoxy) is 1. The monoisotopic (exact) mass is 539 g/mol. The molecule has 1 amide bonds. The molecule has 0 saturated carbocycles. The molecular formula is C28H34ClN5O4. The molecule has 4 rings (SSSR count). The fourth-order valence-electron chi connectivity index (χ4n) is 4.52. The van der Waals surface area contributed by atoms with E-state index in [1.807, 2.05) is 33.8 Å². The highest BCUT2D eigenvalue weighted by molar-refractivity contribution is 5.85. The third-order valence-electron chi connectivity index (χ3n) is 6.65. The molecule has 1 aromatic heterocycles. The number of nitriles is 1. The summed E-state index contributed by atoms with van der Waals surface area (Å²) in [6, 6.07) is 13.6. The lowest BCUT2D eigenvalue weighted by Gasteiger charge is -2.36. The lowest BCUT2D eigenvalue weighted by molar-refractivity contribution is -0.131. The minimum absolute atomic E-state index is 0. The van der Waals surface area contributed by atoms with Crippen LogP contribution >= 0.6 is 12.4 Å². The third kappa shape index (κ3) is 6.33. The second-order valence-corrected chi connectivity index (χ2v) is 9.92. The average Bonchev–Trinajstić information content (AvgIpc) is 3.27. The molecule has 0 aliphatic carbocycles. The SMILES string of the molecule is CC(C)Oc1ccc(-c2nc(-c3ccc4c(c3)CCN(C(C)(C)C(=O)NCCO)CC4)no2)cc1C#N.Cl. The highest BCUT2D eigenvalue weighted by Gasteiger charge is 2.35. The quantitative estimate of drug-likeness (QED) is 0.443. The Labute approximate surface area is 229 Å². The molecule has 202 valence electrons. The molecule has 0 bridgehead atoms. The Morgan fingerprint density at radius 3 is 2.58 bits per heavy atom. The lowest BCUT2D eigenvalue weighted by atomic mass is 10.00. The van der Waals surface area contributed by atoms with Gasteiger partial charge in [0.05, 0.1) is 23.8 Å². The van der Waals surface area contributed by atoms with Gasteiger partial charge in [-0.25, -0.2) is 0 Å². The van der Waals surface area contributed by atoms with Crippen molar-refractivity contribution in [3.05, 3.63) is 53.1 Å². The Balaban J connectivity index is 0.00000400. The van der Waals surface area contributed by atoms with E-state index in [2.05, 4.69) is 38.6 Å². The van der Waals surface area contributed by atoms with Crippen molar-refractivity contribution in [2.24, 2.45) is 0 Å². The third-order valence-corrected chi connectivity index (χ3v) is 6.65. The Morgan fingerprint density at radius 1 is 1.18 bits per heavy atom. The van der Waals surface area contributed by atoms with Gasteiger partial charge in [0.2, 0.25) is 11.7 Å². The number of fused-ring (bicyclic) bond motifs is 1. The lowest BCUT2D eigenvalue weighted by Crippen LogP contribution is -2.56. The Hall–Kier alpha value is -3.45. The number of nitrogens with zero attached hydrogens (tertiary/aromatic N) is 4. The summed E-state index contributed by atoms with van der Waals surface area (Å²) in [5.74, 6) is 1.24. The van der Waals surface area contributed by atoms with Crippen molar-refractivity contribution in [1.29, 1.82) is 5.26 Å². The maximum Gasteiger partial charge on any atom is 0.258 e. The van der Waals surface area contributed by atoms with Crippen molar-refractivity contribution in [3.8, 4) is 34.7 Å². The van der Waals surface area contributed by atoms with Gasteiger partial charge in [0.25, 0.3) is 5.89 Å². The normalized spacial score (nSPS) is 13.7. The molecule has 2 aromatic carbocycles. The zero-order valence-electron chi connectivity index (χ0n) is 22.2. The van der Waals surface area contributed by atoms with Crippen LogP contribution in [0.3, 0.4) is 0 Å². The first-order chi connectivity index (χ1) is 17.7. The van der Waals surface area contributed by atoms with Gasteiger partial charge in [0.15, 0.2) is 0 Å². The molecule has 9 nitrogen and oxygen atoms in total. The number of amides is 1. The first-order valence-electron chi connectivity index (χ1n) is 12.5. The van der Waals surface area contributed by atoms with Gasteiger partial charge in [-0.15, -0.1) is 12.4 Å². The first-order valence-corrected chi connectivity index (χ1v) is 12.5. The molecule has 3 aromatic rings. The summed E-state index contributed by atoms with van der Waals surface area (Å²) in [6.07, 6.45) is 1.57. The zero-order valence-corrected chi connectivity index (χ0v) is 23.0. The number of nitrogens with one attached hydrogen (secondary N) is 1. The van der Waals surface area contributed by atoms with Gasteiger partial charge in [-0.1, -0.05) is 17.3 Å². The van der Waals surface area contributed by atoms with Crippen molar-refractivity contribution >= 4 is 18.3 Å².